The second kappa shape index (κ2) is 12.6. The number of carbonyl (C=O) groups excluding carboxylic acids is 2. The molecule has 34 heavy (non-hydrogen) atoms. The molecule has 0 spiro atoms. The van der Waals surface area contributed by atoms with Crippen LogP contribution in [-0.2, 0) is 26.2 Å². The van der Waals surface area contributed by atoms with Crippen LogP contribution in [0.25, 0.3) is 0 Å². The van der Waals surface area contributed by atoms with Crippen LogP contribution >= 0.6 is 0 Å². The molecule has 8 heteroatoms. The van der Waals surface area contributed by atoms with Crippen molar-refractivity contribution in [3.8, 4) is 0 Å². The van der Waals surface area contributed by atoms with Crippen molar-refractivity contribution in [2.75, 3.05) is 17.1 Å². The minimum Gasteiger partial charge on any atom is -0.352 e. The molecule has 0 aromatic heterocycles. The quantitative estimate of drug-likeness (QED) is 0.492. The van der Waals surface area contributed by atoms with E-state index < -0.39 is 16.1 Å². The van der Waals surface area contributed by atoms with Gasteiger partial charge in [0.1, 0.15) is 6.04 Å². The maximum Gasteiger partial charge on any atom is 0.242 e. The second-order valence-corrected chi connectivity index (χ2v) is 10.7. The number of nitrogens with one attached hydrogen (secondary N) is 1. The second-order valence-electron chi connectivity index (χ2n) is 8.78. The lowest BCUT2D eigenvalue weighted by atomic mass is 10.1. The average Bonchev–Trinajstić information content (AvgIpc) is 2.80. The summed E-state index contributed by atoms with van der Waals surface area (Å²) in [5, 5.41) is 2.95. The van der Waals surface area contributed by atoms with E-state index in [-0.39, 0.29) is 30.8 Å². The molecule has 0 heterocycles. The average molecular weight is 488 g/mol. The van der Waals surface area contributed by atoms with Crippen LogP contribution in [0.2, 0.25) is 0 Å². The van der Waals surface area contributed by atoms with Crippen molar-refractivity contribution in [3.05, 3.63) is 65.7 Å². The maximum absolute atomic E-state index is 13.3. The van der Waals surface area contributed by atoms with Crippen LogP contribution in [0, 0.1) is 6.92 Å². The van der Waals surface area contributed by atoms with Gasteiger partial charge < -0.3 is 10.2 Å². The first kappa shape index (κ1) is 27.4. The summed E-state index contributed by atoms with van der Waals surface area (Å²) in [6.07, 6.45) is 2.43. The van der Waals surface area contributed by atoms with Crippen LogP contribution in [0.3, 0.4) is 0 Å². The monoisotopic (exact) mass is 487 g/mol. The third-order valence-electron chi connectivity index (χ3n) is 5.84. The minimum atomic E-state index is -3.49. The highest BCUT2D eigenvalue weighted by atomic mass is 32.2. The van der Waals surface area contributed by atoms with Crippen molar-refractivity contribution in [1.29, 1.82) is 0 Å². The van der Waals surface area contributed by atoms with Crippen molar-refractivity contribution < 1.29 is 18.0 Å². The van der Waals surface area contributed by atoms with Gasteiger partial charge in [-0.3, -0.25) is 13.9 Å². The van der Waals surface area contributed by atoms with E-state index in [2.05, 4.69) is 5.32 Å². The molecule has 2 atom stereocenters. The van der Waals surface area contributed by atoms with Crippen LogP contribution in [0.15, 0.2) is 54.6 Å². The van der Waals surface area contributed by atoms with E-state index in [1.807, 2.05) is 51.1 Å². The number of carbonyl (C=O) groups is 2. The first-order valence-corrected chi connectivity index (χ1v) is 13.6. The molecule has 0 unspecified atom stereocenters. The summed E-state index contributed by atoms with van der Waals surface area (Å²) in [5.74, 6) is -0.384. The van der Waals surface area contributed by atoms with Crippen molar-refractivity contribution in [3.63, 3.8) is 0 Å². The highest BCUT2D eigenvalue weighted by Gasteiger charge is 2.27. The van der Waals surface area contributed by atoms with Gasteiger partial charge in [-0.15, -0.1) is 0 Å². The molecule has 0 radical (unpaired) electrons. The normalized spacial score (nSPS) is 13.1. The number of sulfonamides is 1. The van der Waals surface area contributed by atoms with E-state index in [1.54, 1.807) is 36.1 Å². The zero-order valence-corrected chi connectivity index (χ0v) is 21.6. The van der Waals surface area contributed by atoms with Gasteiger partial charge in [-0.25, -0.2) is 8.42 Å². The van der Waals surface area contributed by atoms with Gasteiger partial charge in [-0.2, -0.15) is 0 Å². The number of nitrogens with zero attached hydrogens (tertiary/aromatic N) is 2. The largest absolute Gasteiger partial charge is 0.352 e. The molecule has 2 aromatic carbocycles. The SMILES string of the molecule is CC[C@@H](C)NC(=O)[C@@H](C)N(Cc1ccc(C)cc1)C(=O)CCCN(c1ccccc1)S(C)(=O)=O. The number of para-hydroxylation sites is 1. The lowest BCUT2D eigenvalue weighted by molar-refractivity contribution is -0.140. The number of hydrogen-bond donors (Lipinski definition) is 1. The number of rotatable bonds is 12. The molecule has 0 saturated carbocycles. The smallest absolute Gasteiger partial charge is 0.242 e. The molecule has 0 saturated heterocycles. The van der Waals surface area contributed by atoms with Crippen molar-refractivity contribution >= 4 is 27.5 Å². The molecule has 2 aromatic rings. The molecular weight excluding hydrogens is 450 g/mol. The first-order chi connectivity index (χ1) is 16.0. The van der Waals surface area contributed by atoms with Gasteiger partial charge >= 0.3 is 0 Å². The lowest BCUT2D eigenvalue weighted by Crippen LogP contribution is -2.49. The van der Waals surface area contributed by atoms with Crippen LogP contribution < -0.4 is 9.62 Å². The van der Waals surface area contributed by atoms with Crippen LogP contribution in [-0.4, -0.2) is 50.0 Å². The van der Waals surface area contributed by atoms with Crippen LogP contribution in [0.5, 0.6) is 0 Å². The topological polar surface area (TPSA) is 86.8 Å². The van der Waals surface area contributed by atoms with E-state index in [0.29, 0.717) is 18.7 Å². The van der Waals surface area contributed by atoms with Crippen molar-refractivity contribution in [2.45, 2.75) is 65.6 Å². The van der Waals surface area contributed by atoms with Gasteiger partial charge in [-0.05, 0) is 51.3 Å². The fourth-order valence-electron chi connectivity index (χ4n) is 3.54. The summed E-state index contributed by atoms with van der Waals surface area (Å²) < 4.78 is 25.9. The minimum absolute atomic E-state index is 0.0143. The third-order valence-corrected chi connectivity index (χ3v) is 7.03. The molecule has 0 aliphatic heterocycles. The molecular formula is C26H37N3O4S. The molecule has 0 aliphatic carbocycles. The Balaban J connectivity index is 2.14. The molecule has 2 amide bonds. The van der Waals surface area contributed by atoms with Gasteiger partial charge in [0.05, 0.1) is 11.9 Å². The van der Waals surface area contributed by atoms with E-state index in [0.717, 1.165) is 23.8 Å². The lowest BCUT2D eigenvalue weighted by Gasteiger charge is -2.30. The molecule has 2 rings (SSSR count). The van der Waals surface area contributed by atoms with E-state index in [1.165, 1.54) is 4.31 Å². The van der Waals surface area contributed by atoms with Crippen LogP contribution in [0.4, 0.5) is 5.69 Å². The van der Waals surface area contributed by atoms with Crippen molar-refractivity contribution in [2.24, 2.45) is 0 Å². The standard InChI is InChI=1S/C26H37N3O4S/c1-6-21(3)27-26(31)22(4)28(19-23-16-14-20(2)15-17-23)25(30)13-10-18-29(34(5,32)33)24-11-8-7-9-12-24/h7-9,11-12,14-17,21-22H,6,10,13,18-19H2,1-5H3,(H,27,31)/t21-,22-/m1/s1. The Morgan fingerprint density at radius 1 is 1.00 bits per heavy atom. The van der Waals surface area contributed by atoms with E-state index >= 15 is 0 Å². The van der Waals surface area contributed by atoms with E-state index in [9.17, 15) is 18.0 Å². The Morgan fingerprint density at radius 2 is 1.62 bits per heavy atom. The summed E-state index contributed by atoms with van der Waals surface area (Å²) >= 11 is 0. The fourth-order valence-corrected chi connectivity index (χ4v) is 4.50. The Kier molecular flexibility index (Phi) is 10.1. The Hall–Kier alpha value is -2.87. The number of benzene rings is 2. The zero-order chi connectivity index (χ0) is 25.3. The predicted octanol–water partition coefficient (Wildman–Crippen LogP) is 3.87. The summed E-state index contributed by atoms with van der Waals surface area (Å²) in [7, 11) is -3.49. The molecule has 7 nitrogen and oxygen atoms in total. The number of aryl methyl sites for hydroxylation is 1. The number of amides is 2. The highest BCUT2D eigenvalue weighted by molar-refractivity contribution is 7.92. The van der Waals surface area contributed by atoms with Gasteiger partial charge in [0, 0.05) is 25.6 Å². The van der Waals surface area contributed by atoms with Crippen LogP contribution in [0.1, 0.15) is 51.2 Å². The van der Waals surface area contributed by atoms with Gasteiger partial charge in [0.15, 0.2) is 0 Å². The van der Waals surface area contributed by atoms with Crippen molar-refractivity contribution in [1.82, 2.24) is 10.2 Å². The summed E-state index contributed by atoms with van der Waals surface area (Å²) in [6, 6.07) is 16.1. The third kappa shape index (κ3) is 8.17. The summed E-state index contributed by atoms with van der Waals surface area (Å²) in [4.78, 5) is 27.6. The maximum atomic E-state index is 13.3. The van der Waals surface area contributed by atoms with E-state index in [4.69, 9.17) is 0 Å². The molecule has 0 bridgehead atoms. The molecule has 0 aliphatic rings. The Bertz CT molecular complexity index is 1040. The van der Waals surface area contributed by atoms with Gasteiger partial charge in [0.25, 0.3) is 0 Å². The zero-order valence-electron chi connectivity index (χ0n) is 20.8. The first-order valence-electron chi connectivity index (χ1n) is 11.7. The predicted molar refractivity (Wildman–Crippen MR) is 137 cm³/mol. The number of anilines is 1. The number of hydrogen-bond acceptors (Lipinski definition) is 4. The molecule has 186 valence electrons. The Labute approximate surface area is 204 Å². The molecule has 1 N–H and O–H groups in total. The van der Waals surface area contributed by atoms with Gasteiger partial charge in [-0.1, -0.05) is 55.0 Å². The summed E-state index contributed by atoms with van der Waals surface area (Å²) in [6.45, 7) is 8.14. The highest BCUT2D eigenvalue weighted by Crippen LogP contribution is 2.19. The Morgan fingerprint density at radius 3 is 2.18 bits per heavy atom. The fraction of sp³-hybridized carbons (Fsp3) is 0.462. The van der Waals surface area contributed by atoms with Gasteiger partial charge in [0.2, 0.25) is 21.8 Å². The summed E-state index contributed by atoms with van der Waals surface area (Å²) in [5.41, 5.74) is 2.62. The molecule has 0 fully saturated rings.